The minimum atomic E-state index is -4.91. The molecule has 0 N–H and O–H groups in total. The zero-order valence-corrected chi connectivity index (χ0v) is 10.6. The molecule has 1 rings (SSSR count). The second kappa shape index (κ2) is 5.41. The van der Waals surface area contributed by atoms with Gasteiger partial charge in [-0.25, -0.2) is 0 Å². The van der Waals surface area contributed by atoms with Crippen molar-refractivity contribution < 1.29 is 69.1 Å². The first-order chi connectivity index (χ1) is 5.54. The van der Waals surface area contributed by atoms with Gasteiger partial charge in [0, 0.05) is 0 Å². The average molecular weight is 214 g/mol. The van der Waals surface area contributed by atoms with Crippen molar-refractivity contribution in [3.8, 4) is 5.75 Å². The van der Waals surface area contributed by atoms with Crippen LogP contribution in [0.5, 0.6) is 5.75 Å². The fraction of sp³-hybridized carbons (Fsp3) is 0.143. The largest absolute Gasteiger partial charge is 1.00 e. The molecular weight excluding hydrogens is 207 g/mol. The van der Waals surface area contributed by atoms with Gasteiger partial charge in [-0.1, -0.05) is 12.1 Å². The minimum absolute atomic E-state index is 0. The third-order valence-electron chi connectivity index (χ3n) is 1.47. The number of halogens is 3. The molecule has 0 heterocycles. The zero-order chi connectivity index (χ0) is 9.19. The first kappa shape index (κ1) is 13.5. The van der Waals surface area contributed by atoms with Crippen molar-refractivity contribution in [2.75, 3.05) is 7.11 Å². The van der Waals surface area contributed by atoms with Crippen molar-refractivity contribution in [1.29, 1.82) is 0 Å². The van der Waals surface area contributed by atoms with E-state index in [0.29, 0.717) is 0 Å². The van der Waals surface area contributed by atoms with E-state index in [1.54, 1.807) is 0 Å². The summed E-state index contributed by atoms with van der Waals surface area (Å²) in [5.74, 6) is 0.228. The van der Waals surface area contributed by atoms with E-state index in [2.05, 4.69) is 4.74 Å². The van der Waals surface area contributed by atoms with Crippen LogP contribution in [0.2, 0.25) is 0 Å². The molecule has 0 bridgehead atoms. The van der Waals surface area contributed by atoms with Gasteiger partial charge in [0.2, 0.25) is 0 Å². The molecule has 6 heteroatoms. The van der Waals surface area contributed by atoms with Gasteiger partial charge in [-0.2, -0.15) is 0 Å². The van der Waals surface area contributed by atoms with E-state index in [1.165, 1.54) is 19.2 Å². The predicted molar refractivity (Wildman–Crippen MR) is 41.7 cm³/mol. The molecule has 1 aromatic rings. The molecule has 0 spiro atoms. The van der Waals surface area contributed by atoms with E-state index in [1.807, 2.05) is 0 Å². The van der Waals surface area contributed by atoms with Crippen molar-refractivity contribution in [2.45, 2.75) is 0 Å². The summed E-state index contributed by atoms with van der Waals surface area (Å²) in [6, 6.07) is 4.82. The summed E-state index contributed by atoms with van der Waals surface area (Å²) in [7, 11) is 1.34. The number of hydrogen-bond acceptors (Lipinski definition) is 1. The molecule has 0 aliphatic carbocycles. The third-order valence-corrected chi connectivity index (χ3v) is 1.47. The maximum absolute atomic E-state index is 12.1. The van der Waals surface area contributed by atoms with Crippen LogP contribution in [0, 0.1) is 0 Å². The van der Waals surface area contributed by atoms with E-state index in [9.17, 15) is 12.9 Å². The van der Waals surface area contributed by atoms with Crippen molar-refractivity contribution in [3.05, 3.63) is 24.3 Å². The summed E-state index contributed by atoms with van der Waals surface area (Å²) in [5, 5.41) is 0. The Morgan fingerprint density at radius 2 is 1.85 bits per heavy atom. The van der Waals surface area contributed by atoms with Gasteiger partial charge < -0.3 is 17.7 Å². The molecule has 0 aliphatic heterocycles. The van der Waals surface area contributed by atoms with Gasteiger partial charge in [0.15, 0.2) is 0 Å². The summed E-state index contributed by atoms with van der Waals surface area (Å²) in [5.41, 5.74) is -0.630. The molecule has 0 fully saturated rings. The second-order valence-electron chi connectivity index (χ2n) is 2.35. The van der Waals surface area contributed by atoms with E-state index in [0.717, 1.165) is 12.1 Å². The Labute approximate surface area is 117 Å². The Bertz CT molecular complexity index is 277. The molecular formula is C7H7BF3KO. The average Bonchev–Trinajstić information content (AvgIpc) is 2.03. The standard InChI is InChI=1S/C7H7BF3O.K/c1-12-7-4-2-3-6(5-7)8(9,10)11;/h2-5H,1H3;/q-1;+1. The summed E-state index contributed by atoms with van der Waals surface area (Å²) in [6.45, 7) is -4.91. The number of rotatable bonds is 2. The van der Waals surface area contributed by atoms with Crippen molar-refractivity contribution >= 4 is 12.4 Å². The van der Waals surface area contributed by atoms with Gasteiger partial charge in [0.1, 0.15) is 5.75 Å². The molecule has 0 atom stereocenters. The maximum atomic E-state index is 12.1. The van der Waals surface area contributed by atoms with Gasteiger partial charge in [0.25, 0.3) is 0 Å². The minimum Gasteiger partial charge on any atom is -0.497 e. The molecule has 13 heavy (non-hydrogen) atoms. The molecule has 0 saturated carbocycles. The summed E-state index contributed by atoms with van der Waals surface area (Å²) < 4.78 is 41.0. The van der Waals surface area contributed by atoms with E-state index >= 15 is 0 Å². The van der Waals surface area contributed by atoms with E-state index in [4.69, 9.17) is 0 Å². The van der Waals surface area contributed by atoms with Crippen LogP contribution in [0.4, 0.5) is 12.9 Å². The van der Waals surface area contributed by atoms with Crippen molar-refractivity contribution in [1.82, 2.24) is 0 Å². The molecule has 0 saturated heterocycles. The van der Waals surface area contributed by atoms with E-state index in [-0.39, 0.29) is 57.1 Å². The molecule has 1 aromatic carbocycles. The SMILES string of the molecule is COc1cccc([B-](F)(F)F)c1.[K+]. The molecule has 66 valence electrons. The first-order valence-corrected chi connectivity index (χ1v) is 3.38. The van der Waals surface area contributed by atoms with Crippen LogP contribution < -0.4 is 61.6 Å². The Morgan fingerprint density at radius 1 is 1.23 bits per heavy atom. The fourth-order valence-corrected chi connectivity index (χ4v) is 0.845. The molecule has 1 nitrogen and oxygen atoms in total. The van der Waals surface area contributed by atoms with Crippen LogP contribution in [-0.2, 0) is 0 Å². The van der Waals surface area contributed by atoms with Crippen LogP contribution in [-0.4, -0.2) is 14.1 Å². The predicted octanol–water partition coefficient (Wildman–Crippen LogP) is -1.25. The molecule has 0 aromatic heterocycles. The summed E-state index contributed by atoms with van der Waals surface area (Å²) >= 11 is 0. The molecule has 0 unspecified atom stereocenters. The third kappa shape index (κ3) is 4.03. The van der Waals surface area contributed by atoms with Gasteiger partial charge in [-0.05, 0) is 12.1 Å². The van der Waals surface area contributed by atoms with Crippen LogP contribution in [0.3, 0.4) is 0 Å². The topological polar surface area (TPSA) is 9.23 Å². The Kier molecular flexibility index (Phi) is 5.62. The quantitative estimate of drug-likeness (QED) is 0.559. The molecule has 0 aliphatic rings. The fourth-order valence-electron chi connectivity index (χ4n) is 0.845. The normalized spacial score (nSPS) is 10.5. The second-order valence-corrected chi connectivity index (χ2v) is 2.35. The zero-order valence-electron chi connectivity index (χ0n) is 7.43. The number of hydrogen-bond donors (Lipinski definition) is 0. The number of methoxy groups -OCH3 is 1. The van der Waals surface area contributed by atoms with Gasteiger partial charge in [-0.15, -0.1) is 5.46 Å². The van der Waals surface area contributed by atoms with Crippen LogP contribution in [0.25, 0.3) is 0 Å². The molecule has 0 amide bonds. The first-order valence-electron chi connectivity index (χ1n) is 3.38. The van der Waals surface area contributed by atoms with E-state index < -0.39 is 12.4 Å². The molecule has 0 radical (unpaired) electrons. The number of benzene rings is 1. The van der Waals surface area contributed by atoms with Gasteiger partial charge >= 0.3 is 58.4 Å². The van der Waals surface area contributed by atoms with Crippen molar-refractivity contribution in [3.63, 3.8) is 0 Å². The smallest absolute Gasteiger partial charge is 0.497 e. The number of ether oxygens (including phenoxy) is 1. The van der Waals surface area contributed by atoms with Gasteiger partial charge in [0.05, 0.1) is 7.11 Å². The Morgan fingerprint density at radius 3 is 2.31 bits per heavy atom. The Balaban J connectivity index is 0.00000144. The maximum Gasteiger partial charge on any atom is 1.00 e. The summed E-state index contributed by atoms with van der Waals surface area (Å²) in [4.78, 5) is 0. The summed E-state index contributed by atoms with van der Waals surface area (Å²) in [6.07, 6.45) is 0. The monoisotopic (exact) mass is 214 g/mol. The van der Waals surface area contributed by atoms with Crippen LogP contribution >= 0.6 is 0 Å². The van der Waals surface area contributed by atoms with Gasteiger partial charge in [-0.3, -0.25) is 0 Å². The van der Waals surface area contributed by atoms with Crippen LogP contribution in [0.15, 0.2) is 24.3 Å². The van der Waals surface area contributed by atoms with Crippen molar-refractivity contribution in [2.24, 2.45) is 0 Å². The Hall–Kier alpha value is 0.511. The van der Waals surface area contributed by atoms with Crippen LogP contribution in [0.1, 0.15) is 0 Å².